The number of aliphatic hydroxyl groups excluding tert-OH is 1. The van der Waals surface area contributed by atoms with Crippen molar-refractivity contribution < 1.29 is 14.8 Å². The molecule has 0 fully saturated rings. The Labute approximate surface area is 92.0 Å². The SMILES string of the molecule is Cc1cc([N+](=O)[O-])ccc1C(=O)NCCO. The summed E-state index contributed by atoms with van der Waals surface area (Å²) in [5.41, 5.74) is 0.861. The predicted molar refractivity (Wildman–Crippen MR) is 57.3 cm³/mol. The number of aryl methyl sites for hydroxylation is 1. The van der Waals surface area contributed by atoms with Crippen LogP contribution in [0.25, 0.3) is 0 Å². The van der Waals surface area contributed by atoms with E-state index in [0.29, 0.717) is 11.1 Å². The van der Waals surface area contributed by atoms with Crippen LogP contribution in [-0.4, -0.2) is 29.1 Å². The Morgan fingerprint density at radius 1 is 1.56 bits per heavy atom. The number of rotatable bonds is 4. The van der Waals surface area contributed by atoms with Crippen LogP contribution in [0.15, 0.2) is 18.2 Å². The number of nitro groups is 1. The minimum absolute atomic E-state index is 0.0452. The van der Waals surface area contributed by atoms with Gasteiger partial charge in [0, 0.05) is 24.2 Å². The molecule has 0 aliphatic carbocycles. The van der Waals surface area contributed by atoms with Crippen LogP contribution in [0, 0.1) is 17.0 Å². The summed E-state index contributed by atoms with van der Waals surface area (Å²) in [6, 6.07) is 4.02. The Morgan fingerprint density at radius 2 is 2.25 bits per heavy atom. The molecule has 0 radical (unpaired) electrons. The number of benzene rings is 1. The van der Waals surface area contributed by atoms with Crippen LogP contribution in [0.4, 0.5) is 5.69 Å². The normalized spacial score (nSPS) is 9.88. The van der Waals surface area contributed by atoms with Crippen molar-refractivity contribution in [3.05, 3.63) is 39.4 Å². The molecule has 1 aromatic carbocycles. The summed E-state index contributed by atoms with van der Waals surface area (Å²) in [7, 11) is 0. The average Bonchev–Trinajstić information content (AvgIpc) is 2.25. The molecule has 0 unspecified atom stereocenters. The molecule has 2 N–H and O–H groups in total. The lowest BCUT2D eigenvalue weighted by Gasteiger charge is -2.05. The molecular formula is C10H12N2O4. The zero-order chi connectivity index (χ0) is 12.1. The third-order valence-corrected chi connectivity index (χ3v) is 2.06. The molecule has 0 spiro atoms. The first kappa shape index (κ1) is 12.1. The van der Waals surface area contributed by atoms with Crippen LogP contribution < -0.4 is 5.32 Å². The number of carbonyl (C=O) groups is 1. The molecule has 16 heavy (non-hydrogen) atoms. The molecule has 6 nitrogen and oxygen atoms in total. The van der Waals surface area contributed by atoms with Crippen molar-refractivity contribution in [2.45, 2.75) is 6.92 Å². The molecule has 0 saturated heterocycles. The van der Waals surface area contributed by atoms with E-state index >= 15 is 0 Å². The van der Waals surface area contributed by atoms with Gasteiger partial charge < -0.3 is 10.4 Å². The van der Waals surface area contributed by atoms with Crippen molar-refractivity contribution in [2.24, 2.45) is 0 Å². The molecule has 0 aromatic heterocycles. The predicted octanol–water partition coefficient (Wildman–Crippen LogP) is 0.625. The van der Waals surface area contributed by atoms with Crippen LogP contribution in [0.2, 0.25) is 0 Å². The number of carbonyl (C=O) groups excluding carboxylic acids is 1. The van der Waals surface area contributed by atoms with E-state index in [-0.39, 0.29) is 24.7 Å². The lowest BCUT2D eigenvalue weighted by molar-refractivity contribution is -0.384. The van der Waals surface area contributed by atoms with Crippen LogP contribution in [0.1, 0.15) is 15.9 Å². The Morgan fingerprint density at radius 3 is 2.75 bits per heavy atom. The van der Waals surface area contributed by atoms with Gasteiger partial charge in [0.2, 0.25) is 0 Å². The number of nitrogens with zero attached hydrogens (tertiary/aromatic N) is 1. The Hall–Kier alpha value is -1.95. The molecule has 0 aliphatic rings. The first-order valence-electron chi connectivity index (χ1n) is 4.70. The first-order chi connectivity index (χ1) is 7.56. The highest BCUT2D eigenvalue weighted by molar-refractivity contribution is 5.95. The van der Waals surface area contributed by atoms with Crippen LogP contribution >= 0.6 is 0 Å². The summed E-state index contributed by atoms with van der Waals surface area (Å²) in [4.78, 5) is 21.5. The molecule has 1 aromatic rings. The number of non-ortho nitro benzene ring substituents is 1. The number of nitro benzene ring substituents is 1. The van der Waals surface area contributed by atoms with E-state index in [2.05, 4.69) is 5.32 Å². The number of hydrogen-bond acceptors (Lipinski definition) is 4. The van der Waals surface area contributed by atoms with Gasteiger partial charge in [-0.1, -0.05) is 0 Å². The second kappa shape index (κ2) is 5.22. The molecule has 0 atom stereocenters. The number of amides is 1. The Kier molecular flexibility index (Phi) is 3.96. The standard InChI is InChI=1S/C10H12N2O4/c1-7-6-8(12(15)16)2-3-9(7)10(14)11-4-5-13/h2-3,6,13H,4-5H2,1H3,(H,11,14). The van der Waals surface area contributed by atoms with Gasteiger partial charge in [-0.3, -0.25) is 14.9 Å². The molecule has 86 valence electrons. The maximum atomic E-state index is 11.5. The zero-order valence-corrected chi connectivity index (χ0v) is 8.77. The highest BCUT2D eigenvalue weighted by atomic mass is 16.6. The maximum Gasteiger partial charge on any atom is 0.269 e. The maximum absolute atomic E-state index is 11.5. The molecule has 1 rings (SSSR count). The summed E-state index contributed by atoms with van der Waals surface area (Å²) in [6.07, 6.45) is 0. The summed E-state index contributed by atoms with van der Waals surface area (Å²) in [6.45, 7) is 1.65. The minimum atomic E-state index is -0.512. The van der Waals surface area contributed by atoms with E-state index in [1.807, 2.05) is 0 Å². The molecule has 0 bridgehead atoms. The van der Waals surface area contributed by atoms with E-state index < -0.39 is 4.92 Å². The van der Waals surface area contributed by atoms with Crippen molar-refractivity contribution >= 4 is 11.6 Å². The van der Waals surface area contributed by atoms with Gasteiger partial charge in [0.15, 0.2) is 0 Å². The fourth-order valence-corrected chi connectivity index (χ4v) is 1.28. The van der Waals surface area contributed by atoms with Gasteiger partial charge in [-0.2, -0.15) is 0 Å². The van der Waals surface area contributed by atoms with Gasteiger partial charge in [0.25, 0.3) is 11.6 Å². The van der Waals surface area contributed by atoms with E-state index in [9.17, 15) is 14.9 Å². The van der Waals surface area contributed by atoms with E-state index in [1.165, 1.54) is 18.2 Å². The fourth-order valence-electron chi connectivity index (χ4n) is 1.28. The highest BCUT2D eigenvalue weighted by Crippen LogP contribution is 2.16. The van der Waals surface area contributed by atoms with Gasteiger partial charge in [-0.25, -0.2) is 0 Å². The van der Waals surface area contributed by atoms with Crippen molar-refractivity contribution in [1.82, 2.24) is 5.32 Å². The Balaban J connectivity index is 2.90. The molecule has 6 heteroatoms. The second-order valence-electron chi connectivity index (χ2n) is 3.24. The van der Waals surface area contributed by atoms with Gasteiger partial charge in [-0.15, -0.1) is 0 Å². The molecule has 0 heterocycles. The zero-order valence-electron chi connectivity index (χ0n) is 8.77. The van der Waals surface area contributed by atoms with E-state index in [1.54, 1.807) is 6.92 Å². The number of aliphatic hydroxyl groups is 1. The van der Waals surface area contributed by atoms with Crippen LogP contribution in [-0.2, 0) is 0 Å². The first-order valence-corrected chi connectivity index (χ1v) is 4.70. The van der Waals surface area contributed by atoms with Crippen molar-refractivity contribution in [2.75, 3.05) is 13.2 Å². The van der Waals surface area contributed by atoms with Crippen molar-refractivity contribution in [3.8, 4) is 0 Å². The fraction of sp³-hybridized carbons (Fsp3) is 0.300. The van der Waals surface area contributed by atoms with E-state index in [4.69, 9.17) is 5.11 Å². The highest BCUT2D eigenvalue weighted by Gasteiger charge is 2.12. The molecule has 1 amide bonds. The topological polar surface area (TPSA) is 92.5 Å². The summed E-state index contributed by atoms with van der Waals surface area (Å²) >= 11 is 0. The van der Waals surface area contributed by atoms with E-state index in [0.717, 1.165) is 0 Å². The smallest absolute Gasteiger partial charge is 0.269 e. The monoisotopic (exact) mass is 224 g/mol. The van der Waals surface area contributed by atoms with Gasteiger partial charge in [0.1, 0.15) is 0 Å². The molecule has 0 saturated carbocycles. The van der Waals surface area contributed by atoms with Gasteiger partial charge >= 0.3 is 0 Å². The van der Waals surface area contributed by atoms with Crippen molar-refractivity contribution in [3.63, 3.8) is 0 Å². The Bertz CT molecular complexity index is 417. The minimum Gasteiger partial charge on any atom is -0.395 e. The van der Waals surface area contributed by atoms with Crippen molar-refractivity contribution in [1.29, 1.82) is 0 Å². The third-order valence-electron chi connectivity index (χ3n) is 2.06. The largest absolute Gasteiger partial charge is 0.395 e. The van der Waals surface area contributed by atoms with Gasteiger partial charge in [0.05, 0.1) is 11.5 Å². The third kappa shape index (κ3) is 2.77. The number of nitrogens with one attached hydrogen (secondary N) is 1. The summed E-state index contributed by atoms with van der Waals surface area (Å²) in [5, 5.41) is 21.5. The average molecular weight is 224 g/mol. The van der Waals surface area contributed by atoms with Crippen LogP contribution in [0.5, 0.6) is 0 Å². The quantitative estimate of drug-likeness (QED) is 0.579. The lowest BCUT2D eigenvalue weighted by Crippen LogP contribution is -2.26. The van der Waals surface area contributed by atoms with Crippen LogP contribution in [0.3, 0.4) is 0 Å². The summed E-state index contributed by atoms with van der Waals surface area (Å²) in [5.74, 6) is -0.346. The van der Waals surface area contributed by atoms with Gasteiger partial charge in [-0.05, 0) is 18.6 Å². The molecule has 0 aliphatic heterocycles. The summed E-state index contributed by atoms with van der Waals surface area (Å²) < 4.78 is 0. The molecular weight excluding hydrogens is 212 g/mol. The second-order valence-corrected chi connectivity index (χ2v) is 3.24. The lowest BCUT2D eigenvalue weighted by atomic mass is 10.1. The number of hydrogen-bond donors (Lipinski definition) is 2.